The maximum absolute atomic E-state index is 12.1. The summed E-state index contributed by atoms with van der Waals surface area (Å²) in [7, 11) is 0. The smallest absolute Gasteiger partial charge is 0.287 e. The molecule has 1 amide bonds. The summed E-state index contributed by atoms with van der Waals surface area (Å²) < 4.78 is 5.64. The Labute approximate surface area is 125 Å². The number of nitrogens with one attached hydrogen (secondary N) is 1. The summed E-state index contributed by atoms with van der Waals surface area (Å²) in [5.41, 5.74) is 7.39. The van der Waals surface area contributed by atoms with Crippen LogP contribution >= 0.6 is 0 Å². The predicted octanol–water partition coefficient (Wildman–Crippen LogP) is 2.98. The fourth-order valence-electron chi connectivity index (χ4n) is 1.94. The highest BCUT2D eigenvalue weighted by Crippen LogP contribution is 2.23. The van der Waals surface area contributed by atoms with Gasteiger partial charge in [-0.1, -0.05) is 31.2 Å². The van der Waals surface area contributed by atoms with Crippen molar-refractivity contribution in [3.05, 3.63) is 47.7 Å². The second-order valence-corrected chi connectivity index (χ2v) is 5.76. The Bertz CT molecular complexity index is 612. The SMILES string of the molecule is CCc1ccc(-c2ccc(C(=O)NC(C)(C)CN)o2)cc1. The maximum atomic E-state index is 12.1. The largest absolute Gasteiger partial charge is 0.451 e. The van der Waals surface area contributed by atoms with Gasteiger partial charge in [0.1, 0.15) is 5.76 Å². The van der Waals surface area contributed by atoms with Gasteiger partial charge in [0.05, 0.1) is 0 Å². The fraction of sp³-hybridized carbons (Fsp3) is 0.353. The van der Waals surface area contributed by atoms with Crippen molar-refractivity contribution in [2.75, 3.05) is 6.54 Å². The average Bonchev–Trinajstić information content (AvgIpc) is 2.97. The Morgan fingerprint density at radius 2 is 1.86 bits per heavy atom. The molecule has 0 aliphatic heterocycles. The van der Waals surface area contributed by atoms with Crippen molar-refractivity contribution in [3.63, 3.8) is 0 Å². The molecule has 2 aromatic rings. The van der Waals surface area contributed by atoms with Crippen LogP contribution in [-0.4, -0.2) is 18.0 Å². The van der Waals surface area contributed by atoms with Gasteiger partial charge in [0.15, 0.2) is 5.76 Å². The molecule has 1 heterocycles. The van der Waals surface area contributed by atoms with Gasteiger partial charge in [-0.15, -0.1) is 0 Å². The number of aryl methyl sites for hydroxylation is 1. The highest BCUT2D eigenvalue weighted by molar-refractivity contribution is 5.92. The van der Waals surface area contributed by atoms with E-state index in [0.29, 0.717) is 18.1 Å². The molecule has 21 heavy (non-hydrogen) atoms. The van der Waals surface area contributed by atoms with Crippen LogP contribution in [0.4, 0.5) is 0 Å². The minimum Gasteiger partial charge on any atom is -0.451 e. The van der Waals surface area contributed by atoms with Crippen molar-refractivity contribution in [1.29, 1.82) is 0 Å². The summed E-state index contributed by atoms with van der Waals surface area (Å²) in [6.07, 6.45) is 1.00. The molecule has 0 atom stereocenters. The second-order valence-electron chi connectivity index (χ2n) is 5.76. The lowest BCUT2D eigenvalue weighted by molar-refractivity contribution is 0.0888. The summed E-state index contributed by atoms with van der Waals surface area (Å²) in [4.78, 5) is 12.1. The van der Waals surface area contributed by atoms with Crippen molar-refractivity contribution in [1.82, 2.24) is 5.32 Å². The maximum Gasteiger partial charge on any atom is 0.287 e. The summed E-state index contributed by atoms with van der Waals surface area (Å²) in [6.45, 7) is 6.23. The Kier molecular flexibility index (Phi) is 4.48. The summed E-state index contributed by atoms with van der Waals surface area (Å²) >= 11 is 0. The van der Waals surface area contributed by atoms with Crippen LogP contribution in [0.3, 0.4) is 0 Å². The van der Waals surface area contributed by atoms with Gasteiger partial charge in [-0.2, -0.15) is 0 Å². The number of furan rings is 1. The fourth-order valence-corrected chi connectivity index (χ4v) is 1.94. The molecule has 0 aliphatic carbocycles. The molecule has 1 aromatic heterocycles. The molecular formula is C17H22N2O2. The highest BCUT2D eigenvalue weighted by Gasteiger charge is 2.21. The molecule has 0 saturated heterocycles. The first-order valence-electron chi connectivity index (χ1n) is 7.17. The molecule has 0 radical (unpaired) electrons. The Hall–Kier alpha value is -2.07. The van der Waals surface area contributed by atoms with Crippen LogP contribution < -0.4 is 11.1 Å². The summed E-state index contributed by atoms with van der Waals surface area (Å²) in [5.74, 6) is 0.737. The molecule has 2 rings (SSSR count). The number of nitrogens with two attached hydrogens (primary N) is 1. The van der Waals surface area contributed by atoms with Gasteiger partial charge in [-0.05, 0) is 38.0 Å². The molecule has 4 heteroatoms. The Morgan fingerprint density at radius 1 is 1.19 bits per heavy atom. The third-order valence-electron chi connectivity index (χ3n) is 3.44. The Balaban J connectivity index is 2.15. The standard InChI is InChI=1S/C17H22N2O2/c1-4-12-5-7-13(8-6-12)14-9-10-15(21-14)16(20)19-17(2,3)11-18/h5-10H,4,11,18H2,1-3H3,(H,19,20). The van der Waals surface area contributed by atoms with Crippen LogP contribution in [0.2, 0.25) is 0 Å². The number of rotatable bonds is 5. The number of benzene rings is 1. The minimum atomic E-state index is -0.452. The van der Waals surface area contributed by atoms with Crippen molar-refractivity contribution in [2.24, 2.45) is 5.73 Å². The number of amides is 1. The minimum absolute atomic E-state index is 0.248. The highest BCUT2D eigenvalue weighted by atomic mass is 16.3. The molecule has 0 aliphatic rings. The van der Waals surface area contributed by atoms with E-state index in [1.807, 2.05) is 32.0 Å². The normalized spacial score (nSPS) is 11.4. The van der Waals surface area contributed by atoms with Crippen LogP contribution in [0, 0.1) is 0 Å². The third-order valence-corrected chi connectivity index (χ3v) is 3.44. The van der Waals surface area contributed by atoms with E-state index in [1.165, 1.54) is 5.56 Å². The third kappa shape index (κ3) is 3.73. The van der Waals surface area contributed by atoms with E-state index in [-0.39, 0.29) is 5.91 Å². The molecular weight excluding hydrogens is 264 g/mol. The van der Waals surface area contributed by atoms with Gasteiger partial charge in [0, 0.05) is 17.6 Å². The van der Waals surface area contributed by atoms with E-state index in [0.717, 1.165) is 12.0 Å². The van der Waals surface area contributed by atoms with Crippen LogP contribution in [-0.2, 0) is 6.42 Å². The van der Waals surface area contributed by atoms with Crippen molar-refractivity contribution in [2.45, 2.75) is 32.7 Å². The molecule has 0 unspecified atom stereocenters. The van der Waals surface area contributed by atoms with Crippen molar-refractivity contribution >= 4 is 5.91 Å². The number of carbonyl (C=O) groups excluding carboxylic acids is 1. The molecule has 112 valence electrons. The van der Waals surface area contributed by atoms with Crippen LogP contribution in [0.15, 0.2) is 40.8 Å². The lowest BCUT2D eigenvalue weighted by atomic mass is 10.1. The molecule has 0 fully saturated rings. The number of hydrogen-bond acceptors (Lipinski definition) is 3. The van der Waals surface area contributed by atoms with Gasteiger partial charge in [-0.25, -0.2) is 0 Å². The monoisotopic (exact) mass is 286 g/mol. The quantitative estimate of drug-likeness (QED) is 0.888. The van der Waals surface area contributed by atoms with E-state index in [4.69, 9.17) is 10.2 Å². The van der Waals surface area contributed by atoms with Gasteiger partial charge in [0.2, 0.25) is 0 Å². The first-order chi connectivity index (χ1) is 9.95. The number of carbonyl (C=O) groups is 1. The zero-order valence-electron chi connectivity index (χ0n) is 12.8. The van der Waals surface area contributed by atoms with E-state index < -0.39 is 5.54 Å². The number of hydrogen-bond donors (Lipinski definition) is 2. The van der Waals surface area contributed by atoms with Gasteiger partial charge >= 0.3 is 0 Å². The summed E-state index contributed by atoms with van der Waals surface area (Å²) in [5, 5.41) is 2.85. The molecule has 0 saturated carbocycles. The lowest BCUT2D eigenvalue weighted by Crippen LogP contribution is -2.48. The first-order valence-corrected chi connectivity index (χ1v) is 7.17. The van der Waals surface area contributed by atoms with Gasteiger partial charge in [0.25, 0.3) is 5.91 Å². The topological polar surface area (TPSA) is 68.3 Å². The van der Waals surface area contributed by atoms with Crippen LogP contribution in [0.1, 0.15) is 36.9 Å². The van der Waals surface area contributed by atoms with E-state index in [2.05, 4.69) is 24.4 Å². The van der Waals surface area contributed by atoms with E-state index in [9.17, 15) is 4.79 Å². The zero-order valence-corrected chi connectivity index (χ0v) is 12.8. The van der Waals surface area contributed by atoms with E-state index >= 15 is 0 Å². The zero-order chi connectivity index (χ0) is 15.5. The van der Waals surface area contributed by atoms with Gasteiger partial charge in [-0.3, -0.25) is 4.79 Å². The van der Waals surface area contributed by atoms with E-state index in [1.54, 1.807) is 6.07 Å². The predicted molar refractivity (Wildman–Crippen MR) is 84.1 cm³/mol. The van der Waals surface area contributed by atoms with Crippen LogP contribution in [0.5, 0.6) is 0 Å². The van der Waals surface area contributed by atoms with Crippen LogP contribution in [0.25, 0.3) is 11.3 Å². The molecule has 3 N–H and O–H groups in total. The first kappa shape index (κ1) is 15.3. The Morgan fingerprint density at radius 3 is 2.43 bits per heavy atom. The molecule has 0 spiro atoms. The molecule has 1 aromatic carbocycles. The molecule has 4 nitrogen and oxygen atoms in total. The molecule has 0 bridgehead atoms. The second kappa shape index (κ2) is 6.14. The van der Waals surface area contributed by atoms with Crippen molar-refractivity contribution in [3.8, 4) is 11.3 Å². The lowest BCUT2D eigenvalue weighted by Gasteiger charge is -2.23. The summed E-state index contributed by atoms with van der Waals surface area (Å²) in [6, 6.07) is 11.6. The van der Waals surface area contributed by atoms with Gasteiger partial charge < -0.3 is 15.5 Å². The average molecular weight is 286 g/mol. The van der Waals surface area contributed by atoms with Crippen molar-refractivity contribution < 1.29 is 9.21 Å².